The van der Waals surface area contributed by atoms with E-state index in [1.807, 2.05) is 18.3 Å². The smallest absolute Gasteiger partial charge is 0.0967 e. The quantitative estimate of drug-likeness (QED) is 0.830. The van der Waals surface area contributed by atoms with E-state index in [0.29, 0.717) is 0 Å². The van der Waals surface area contributed by atoms with Gasteiger partial charge in [0.25, 0.3) is 0 Å². The molecule has 1 atom stereocenters. The van der Waals surface area contributed by atoms with E-state index in [2.05, 4.69) is 32.7 Å². The van der Waals surface area contributed by atoms with Gasteiger partial charge in [0.15, 0.2) is 0 Å². The highest BCUT2D eigenvalue weighted by molar-refractivity contribution is 9.10. The zero-order chi connectivity index (χ0) is 13.3. The molecular weight excluding hydrogens is 304 g/mol. The van der Waals surface area contributed by atoms with Crippen LogP contribution >= 0.6 is 15.9 Å². The molecule has 4 heteroatoms. The lowest BCUT2D eigenvalue weighted by Gasteiger charge is -2.18. The van der Waals surface area contributed by atoms with Crippen molar-refractivity contribution in [3.63, 3.8) is 0 Å². The lowest BCUT2D eigenvalue weighted by Crippen LogP contribution is -2.26. The number of pyridine rings is 1. The van der Waals surface area contributed by atoms with Crippen molar-refractivity contribution in [3.8, 4) is 0 Å². The molecule has 2 fully saturated rings. The van der Waals surface area contributed by atoms with E-state index in [1.165, 1.54) is 32.4 Å². The van der Waals surface area contributed by atoms with E-state index in [1.54, 1.807) is 0 Å². The van der Waals surface area contributed by atoms with Gasteiger partial charge in [0.1, 0.15) is 0 Å². The third kappa shape index (κ3) is 3.36. The van der Waals surface area contributed by atoms with Crippen LogP contribution in [0.15, 0.2) is 22.8 Å². The summed E-state index contributed by atoms with van der Waals surface area (Å²) in [4.78, 5) is 6.93. The van der Waals surface area contributed by atoms with Crippen LogP contribution in [0.2, 0.25) is 0 Å². The minimum Gasteiger partial charge on any atom is -0.371 e. The Labute approximate surface area is 123 Å². The van der Waals surface area contributed by atoms with Crippen molar-refractivity contribution in [1.82, 2.24) is 9.88 Å². The minimum atomic E-state index is 0.0746. The summed E-state index contributed by atoms with van der Waals surface area (Å²) in [7, 11) is 0. The number of likely N-dealkylation sites (tertiary alicyclic amines) is 1. The second-order valence-corrected chi connectivity index (χ2v) is 6.86. The van der Waals surface area contributed by atoms with E-state index in [0.717, 1.165) is 28.7 Å². The number of ether oxygens (including phenoxy) is 1. The summed E-state index contributed by atoms with van der Waals surface area (Å²) < 4.78 is 6.91. The summed E-state index contributed by atoms with van der Waals surface area (Å²) >= 11 is 3.40. The Bertz CT molecular complexity index is 430. The topological polar surface area (TPSA) is 25.4 Å². The van der Waals surface area contributed by atoms with E-state index < -0.39 is 0 Å². The monoisotopic (exact) mass is 324 g/mol. The molecular formula is C15H21BrN2O. The molecule has 1 aromatic rings. The second kappa shape index (κ2) is 5.51. The van der Waals surface area contributed by atoms with Gasteiger partial charge in [-0.2, -0.15) is 0 Å². The molecule has 1 aliphatic carbocycles. The van der Waals surface area contributed by atoms with Crippen LogP contribution in [0.25, 0.3) is 0 Å². The summed E-state index contributed by atoms with van der Waals surface area (Å²) in [6, 6.07) is 4.03. The normalized spacial score (nSPS) is 22.8. The Morgan fingerprint density at radius 3 is 2.89 bits per heavy atom. The first-order valence-corrected chi connectivity index (χ1v) is 7.92. The molecule has 19 heavy (non-hydrogen) atoms. The fraction of sp³-hybridized carbons (Fsp3) is 0.667. The molecule has 1 saturated carbocycles. The molecule has 0 aromatic carbocycles. The largest absolute Gasteiger partial charge is 0.371 e. The molecule has 0 radical (unpaired) electrons. The summed E-state index contributed by atoms with van der Waals surface area (Å²) in [6.45, 7) is 6.48. The van der Waals surface area contributed by atoms with Crippen molar-refractivity contribution < 1.29 is 4.74 Å². The van der Waals surface area contributed by atoms with Gasteiger partial charge in [-0.3, -0.25) is 4.98 Å². The maximum atomic E-state index is 5.90. The molecule has 1 spiro atoms. The summed E-state index contributed by atoms with van der Waals surface area (Å²) in [5.74, 6) is 0. The van der Waals surface area contributed by atoms with E-state index in [4.69, 9.17) is 4.74 Å². The molecule has 2 heterocycles. The first-order valence-electron chi connectivity index (χ1n) is 7.12. The molecule has 0 bridgehead atoms. The van der Waals surface area contributed by atoms with Crippen LogP contribution in [-0.4, -0.2) is 36.1 Å². The average Bonchev–Trinajstić information content (AvgIpc) is 3.03. The first-order chi connectivity index (χ1) is 9.17. The molecule has 0 unspecified atom stereocenters. The maximum absolute atomic E-state index is 5.90. The number of nitrogens with zero attached hydrogens (tertiary/aromatic N) is 2. The Morgan fingerprint density at radius 1 is 1.42 bits per heavy atom. The van der Waals surface area contributed by atoms with Crippen molar-refractivity contribution in [1.29, 1.82) is 0 Å². The highest BCUT2D eigenvalue weighted by atomic mass is 79.9. The number of aromatic nitrogens is 1. The van der Waals surface area contributed by atoms with Crippen LogP contribution in [-0.2, 0) is 4.74 Å². The van der Waals surface area contributed by atoms with Crippen molar-refractivity contribution in [2.24, 2.45) is 5.41 Å². The molecule has 0 N–H and O–H groups in total. The molecule has 3 rings (SSSR count). The Kier molecular flexibility index (Phi) is 3.92. The molecule has 1 saturated heterocycles. The number of rotatable bonds is 5. The van der Waals surface area contributed by atoms with E-state index in [-0.39, 0.29) is 6.10 Å². The van der Waals surface area contributed by atoms with Gasteiger partial charge in [0.2, 0.25) is 0 Å². The van der Waals surface area contributed by atoms with Gasteiger partial charge in [0, 0.05) is 23.8 Å². The van der Waals surface area contributed by atoms with Gasteiger partial charge >= 0.3 is 0 Å². The van der Waals surface area contributed by atoms with Gasteiger partial charge in [-0.1, -0.05) is 0 Å². The van der Waals surface area contributed by atoms with Crippen LogP contribution in [0.4, 0.5) is 0 Å². The molecule has 1 aromatic heterocycles. The van der Waals surface area contributed by atoms with Gasteiger partial charge in [-0.05, 0) is 66.2 Å². The standard InChI is InChI=1S/C15H21BrN2O/c1-12(14-3-2-13(16)10-17-14)19-9-8-18-7-6-15(11-18)4-5-15/h2-3,10,12H,4-9,11H2,1H3/t12-/m1/s1. The van der Waals surface area contributed by atoms with Crippen molar-refractivity contribution >= 4 is 15.9 Å². The number of halogens is 1. The number of hydrogen-bond donors (Lipinski definition) is 0. The van der Waals surface area contributed by atoms with Gasteiger partial charge in [0.05, 0.1) is 18.4 Å². The Hall–Kier alpha value is -0.450. The SMILES string of the molecule is C[C@@H](OCCN1CCC2(CC2)C1)c1ccc(Br)cn1. The molecule has 1 aliphatic heterocycles. The third-order valence-electron chi connectivity index (χ3n) is 4.42. The van der Waals surface area contributed by atoms with Crippen molar-refractivity contribution in [2.75, 3.05) is 26.2 Å². The molecule has 3 nitrogen and oxygen atoms in total. The lowest BCUT2D eigenvalue weighted by atomic mass is 10.1. The molecule has 104 valence electrons. The summed E-state index contributed by atoms with van der Waals surface area (Å²) in [5, 5.41) is 0. The third-order valence-corrected chi connectivity index (χ3v) is 4.89. The van der Waals surface area contributed by atoms with Crippen LogP contribution < -0.4 is 0 Å². The fourth-order valence-corrected chi connectivity index (χ4v) is 3.11. The Balaban J connectivity index is 1.41. The molecule has 0 amide bonds. The zero-order valence-electron chi connectivity index (χ0n) is 11.4. The minimum absolute atomic E-state index is 0.0746. The van der Waals surface area contributed by atoms with Gasteiger partial charge in [-0.15, -0.1) is 0 Å². The highest BCUT2D eigenvalue weighted by Crippen LogP contribution is 2.52. The second-order valence-electron chi connectivity index (χ2n) is 5.94. The van der Waals surface area contributed by atoms with E-state index in [9.17, 15) is 0 Å². The summed E-state index contributed by atoms with van der Waals surface area (Å²) in [6.07, 6.45) is 6.20. The van der Waals surface area contributed by atoms with Gasteiger partial charge < -0.3 is 9.64 Å². The predicted octanol–water partition coefficient (Wildman–Crippen LogP) is 3.41. The van der Waals surface area contributed by atoms with Crippen molar-refractivity contribution in [2.45, 2.75) is 32.3 Å². The first kappa shape index (κ1) is 13.5. The van der Waals surface area contributed by atoms with Gasteiger partial charge in [-0.25, -0.2) is 0 Å². The highest BCUT2D eigenvalue weighted by Gasteiger charge is 2.47. The number of hydrogen-bond acceptors (Lipinski definition) is 3. The van der Waals surface area contributed by atoms with Crippen LogP contribution in [0, 0.1) is 5.41 Å². The molecule has 2 aliphatic rings. The fourth-order valence-electron chi connectivity index (χ4n) is 2.88. The maximum Gasteiger partial charge on any atom is 0.0967 e. The van der Waals surface area contributed by atoms with E-state index >= 15 is 0 Å². The lowest BCUT2D eigenvalue weighted by molar-refractivity contribution is 0.0484. The van der Waals surface area contributed by atoms with Crippen molar-refractivity contribution in [3.05, 3.63) is 28.5 Å². The zero-order valence-corrected chi connectivity index (χ0v) is 13.0. The van der Waals surface area contributed by atoms with Crippen LogP contribution in [0.5, 0.6) is 0 Å². The van der Waals surface area contributed by atoms with Crippen LogP contribution in [0.1, 0.15) is 38.0 Å². The Morgan fingerprint density at radius 2 is 2.26 bits per heavy atom. The average molecular weight is 325 g/mol. The predicted molar refractivity (Wildman–Crippen MR) is 79.0 cm³/mol. The van der Waals surface area contributed by atoms with Crippen LogP contribution in [0.3, 0.4) is 0 Å². The summed E-state index contributed by atoms with van der Waals surface area (Å²) in [5.41, 5.74) is 1.72.